The first-order valence-corrected chi connectivity index (χ1v) is 4.76. The fourth-order valence-electron chi connectivity index (χ4n) is 1.22. The molecule has 0 aliphatic carbocycles. The molecule has 0 heterocycles. The van der Waals surface area contributed by atoms with Gasteiger partial charge in [0, 0.05) is 18.8 Å². The summed E-state index contributed by atoms with van der Waals surface area (Å²) in [5.41, 5.74) is 0.656. The molecule has 0 radical (unpaired) electrons. The molecule has 0 bridgehead atoms. The van der Waals surface area contributed by atoms with Gasteiger partial charge < -0.3 is 14.4 Å². The van der Waals surface area contributed by atoms with Gasteiger partial charge in [-0.1, -0.05) is 0 Å². The van der Waals surface area contributed by atoms with Crippen LogP contribution >= 0.6 is 0 Å². The van der Waals surface area contributed by atoms with Crippen molar-refractivity contribution in [1.82, 2.24) is 0 Å². The van der Waals surface area contributed by atoms with Crippen LogP contribution in [0.5, 0.6) is 5.75 Å². The second kappa shape index (κ2) is 5.34. The van der Waals surface area contributed by atoms with Crippen molar-refractivity contribution in [3.63, 3.8) is 0 Å². The van der Waals surface area contributed by atoms with Crippen molar-refractivity contribution in [2.45, 2.75) is 6.92 Å². The van der Waals surface area contributed by atoms with Crippen LogP contribution in [0.25, 0.3) is 0 Å². The van der Waals surface area contributed by atoms with E-state index in [0.717, 1.165) is 6.29 Å². The van der Waals surface area contributed by atoms with E-state index in [1.54, 1.807) is 31.0 Å². The molecule has 82 valence electrons. The Morgan fingerprint density at radius 1 is 1.53 bits per heavy atom. The Morgan fingerprint density at radius 3 is 2.80 bits per heavy atom. The Bertz CT molecular complexity index is 341. The first-order valence-electron chi connectivity index (χ1n) is 4.76. The number of hydrogen-bond acceptors (Lipinski definition) is 3. The average molecular weight is 211 g/mol. The number of carbonyl (C=O) groups is 1. The van der Waals surface area contributed by atoms with Gasteiger partial charge in [0.05, 0.1) is 13.2 Å². The first kappa shape index (κ1) is 11.5. The van der Waals surface area contributed by atoms with E-state index in [4.69, 9.17) is 4.74 Å². The maximum Gasteiger partial charge on any atom is 0.167 e. The first-order chi connectivity index (χ1) is 7.19. The van der Waals surface area contributed by atoms with Gasteiger partial charge in [-0.25, -0.2) is 4.39 Å². The Labute approximate surface area is 88.5 Å². The van der Waals surface area contributed by atoms with Gasteiger partial charge in [-0.05, 0) is 19.1 Å². The number of ether oxygens (including phenoxy) is 1. The highest BCUT2D eigenvalue weighted by atomic mass is 19.1. The number of benzene rings is 1. The predicted molar refractivity (Wildman–Crippen MR) is 56.9 cm³/mol. The van der Waals surface area contributed by atoms with Crippen LogP contribution in [0.3, 0.4) is 0 Å². The van der Waals surface area contributed by atoms with Crippen molar-refractivity contribution in [3.8, 4) is 5.75 Å². The predicted octanol–water partition coefficient (Wildman–Crippen LogP) is 1.86. The van der Waals surface area contributed by atoms with E-state index in [1.807, 2.05) is 0 Å². The molecule has 1 rings (SSSR count). The summed E-state index contributed by atoms with van der Waals surface area (Å²) in [4.78, 5) is 11.9. The van der Waals surface area contributed by atoms with Gasteiger partial charge in [-0.2, -0.15) is 0 Å². The highest BCUT2D eigenvalue weighted by Crippen LogP contribution is 2.22. The van der Waals surface area contributed by atoms with Crippen molar-refractivity contribution >= 4 is 12.0 Å². The van der Waals surface area contributed by atoms with Crippen LogP contribution in [-0.4, -0.2) is 26.5 Å². The van der Waals surface area contributed by atoms with Gasteiger partial charge in [-0.3, -0.25) is 0 Å². The van der Waals surface area contributed by atoms with Crippen LogP contribution in [0.1, 0.15) is 6.92 Å². The van der Waals surface area contributed by atoms with Gasteiger partial charge in [0.2, 0.25) is 0 Å². The molecule has 3 nitrogen and oxygen atoms in total. The number of rotatable bonds is 5. The Hall–Kier alpha value is -1.58. The van der Waals surface area contributed by atoms with E-state index in [1.165, 1.54) is 6.07 Å². The lowest BCUT2D eigenvalue weighted by Gasteiger charge is -2.16. The fourth-order valence-corrected chi connectivity index (χ4v) is 1.22. The van der Waals surface area contributed by atoms with E-state index >= 15 is 0 Å². The molecule has 0 saturated carbocycles. The summed E-state index contributed by atoms with van der Waals surface area (Å²) in [6.07, 6.45) is 0.772. The molecule has 1 aromatic rings. The number of carbonyl (C=O) groups excluding carboxylic acids is 1. The normalized spacial score (nSPS) is 9.80. The number of nitrogens with zero attached hydrogens (tertiary/aromatic N) is 1. The number of aldehydes is 1. The minimum Gasteiger partial charge on any atom is -0.491 e. The summed E-state index contributed by atoms with van der Waals surface area (Å²) >= 11 is 0. The van der Waals surface area contributed by atoms with Crippen molar-refractivity contribution in [2.24, 2.45) is 0 Å². The highest BCUT2D eigenvalue weighted by molar-refractivity contribution is 5.61. The lowest BCUT2D eigenvalue weighted by Crippen LogP contribution is -2.19. The zero-order chi connectivity index (χ0) is 11.3. The van der Waals surface area contributed by atoms with Crippen LogP contribution in [0.2, 0.25) is 0 Å². The van der Waals surface area contributed by atoms with E-state index < -0.39 is 5.82 Å². The molecule has 0 amide bonds. The van der Waals surface area contributed by atoms with Crippen LogP contribution in [0.15, 0.2) is 18.2 Å². The largest absolute Gasteiger partial charge is 0.491 e. The Morgan fingerprint density at radius 2 is 2.27 bits per heavy atom. The minimum absolute atomic E-state index is 0.237. The molecule has 0 fully saturated rings. The quantitative estimate of drug-likeness (QED) is 0.696. The second-order valence-electron chi connectivity index (χ2n) is 3.09. The summed E-state index contributed by atoms with van der Waals surface area (Å²) in [7, 11) is 1.73. The standard InChI is InChI=1S/C11H14FNO2/c1-3-15-11-5-4-9(8-10(11)12)13(2)6-7-14/h4-5,7-8H,3,6H2,1-2H3. The molecule has 4 heteroatoms. The average Bonchev–Trinajstić information content (AvgIpc) is 2.21. The summed E-state index contributed by atoms with van der Waals surface area (Å²) in [5, 5.41) is 0. The molecule has 0 aliphatic rings. The summed E-state index contributed by atoms with van der Waals surface area (Å²) in [6, 6.07) is 4.64. The second-order valence-corrected chi connectivity index (χ2v) is 3.09. The molecule has 0 atom stereocenters. The van der Waals surface area contributed by atoms with Gasteiger partial charge in [0.25, 0.3) is 0 Å². The molecule has 0 N–H and O–H groups in total. The third-order valence-electron chi connectivity index (χ3n) is 2.00. The summed E-state index contributed by atoms with van der Waals surface area (Å²) in [6.45, 7) is 2.47. The van der Waals surface area contributed by atoms with Crippen molar-refractivity contribution in [1.29, 1.82) is 0 Å². The number of hydrogen-bond donors (Lipinski definition) is 0. The van der Waals surface area contributed by atoms with E-state index in [-0.39, 0.29) is 12.3 Å². The van der Waals surface area contributed by atoms with Crippen molar-refractivity contribution in [2.75, 3.05) is 25.1 Å². The molecular weight excluding hydrogens is 197 g/mol. The third kappa shape index (κ3) is 2.94. The molecule has 0 saturated heterocycles. The zero-order valence-electron chi connectivity index (χ0n) is 8.87. The highest BCUT2D eigenvalue weighted by Gasteiger charge is 2.06. The molecule has 0 unspecified atom stereocenters. The lowest BCUT2D eigenvalue weighted by molar-refractivity contribution is -0.106. The zero-order valence-corrected chi connectivity index (χ0v) is 8.87. The number of likely N-dealkylation sites (N-methyl/N-ethyl adjacent to an activating group) is 1. The van der Waals surface area contributed by atoms with Gasteiger partial charge in [-0.15, -0.1) is 0 Å². The Balaban J connectivity index is 2.85. The third-order valence-corrected chi connectivity index (χ3v) is 2.00. The number of halogens is 1. The molecule has 0 spiro atoms. The van der Waals surface area contributed by atoms with Crippen LogP contribution in [0, 0.1) is 5.82 Å². The Kier molecular flexibility index (Phi) is 4.09. The molecule has 0 aromatic heterocycles. The van der Waals surface area contributed by atoms with Crippen molar-refractivity contribution in [3.05, 3.63) is 24.0 Å². The monoisotopic (exact) mass is 211 g/mol. The van der Waals surface area contributed by atoms with Crippen LogP contribution in [-0.2, 0) is 4.79 Å². The summed E-state index contributed by atoms with van der Waals surface area (Å²) in [5.74, 6) is -0.173. The molecule has 15 heavy (non-hydrogen) atoms. The molecular formula is C11H14FNO2. The van der Waals surface area contributed by atoms with E-state index in [9.17, 15) is 9.18 Å². The molecule has 0 aliphatic heterocycles. The number of anilines is 1. The fraction of sp³-hybridized carbons (Fsp3) is 0.364. The maximum absolute atomic E-state index is 13.4. The van der Waals surface area contributed by atoms with Gasteiger partial charge in [0.15, 0.2) is 11.6 Å². The van der Waals surface area contributed by atoms with E-state index in [0.29, 0.717) is 12.3 Å². The summed E-state index contributed by atoms with van der Waals surface area (Å²) < 4.78 is 18.5. The maximum atomic E-state index is 13.4. The topological polar surface area (TPSA) is 29.5 Å². The van der Waals surface area contributed by atoms with Crippen LogP contribution < -0.4 is 9.64 Å². The SMILES string of the molecule is CCOc1ccc(N(C)CC=O)cc1F. The lowest BCUT2D eigenvalue weighted by atomic mass is 10.2. The molecule has 1 aromatic carbocycles. The van der Waals surface area contributed by atoms with Crippen molar-refractivity contribution < 1.29 is 13.9 Å². The van der Waals surface area contributed by atoms with Gasteiger partial charge in [0.1, 0.15) is 6.29 Å². The van der Waals surface area contributed by atoms with Crippen LogP contribution in [0.4, 0.5) is 10.1 Å². The van der Waals surface area contributed by atoms with E-state index in [2.05, 4.69) is 0 Å². The smallest absolute Gasteiger partial charge is 0.167 e. The van der Waals surface area contributed by atoms with Gasteiger partial charge >= 0.3 is 0 Å². The minimum atomic E-state index is -0.410.